The van der Waals surface area contributed by atoms with Crippen LogP contribution in [0.15, 0.2) is 49.4 Å². The Morgan fingerprint density at radius 3 is 2.38 bits per heavy atom. The van der Waals surface area contributed by atoms with Crippen molar-refractivity contribution in [3.8, 4) is 5.75 Å². The predicted molar refractivity (Wildman–Crippen MR) is 103 cm³/mol. The first-order valence-electron chi connectivity index (χ1n) is 8.73. The standard InChI is InChI=1S/C20H18F3N5O/c1-12-18-19(27(4)13(2)25-18)17(14-9-24-26(3)10-14)11-28(12)15-5-7-16(8-6-15)29-20(21,22)23/h5-11H,1H2,2-4H3. The molecule has 0 amide bonds. The van der Waals surface area contributed by atoms with Gasteiger partial charge in [-0.1, -0.05) is 6.58 Å². The third-order valence-electron chi connectivity index (χ3n) is 4.76. The summed E-state index contributed by atoms with van der Waals surface area (Å²) < 4.78 is 44.9. The molecule has 29 heavy (non-hydrogen) atoms. The summed E-state index contributed by atoms with van der Waals surface area (Å²) in [6.07, 6.45) is 0.807. The number of anilines is 1. The first kappa shape index (κ1) is 18.9. The second-order valence-corrected chi connectivity index (χ2v) is 6.72. The number of aryl methyl sites for hydroxylation is 2. The lowest BCUT2D eigenvalue weighted by Gasteiger charge is -2.28. The van der Waals surface area contributed by atoms with Crippen LogP contribution in [-0.2, 0) is 14.1 Å². The number of halogens is 3. The van der Waals surface area contributed by atoms with Crippen LogP contribution in [0, 0.1) is 6.92 Å². The van der Waals surface area contributed by atoms with E-state index < -0.39 is 6.36 Å². The molecule has 0 saturated heterocycles. The number of aromatic nitrogens is 4. The van der Waals surface area contributed by atoms with Crippen LogP contribution in [0.4, 0.5) is 18.9 Å². The molecule has 0 saturated carbocycles. The Hall–Kier alpha value is -3.49. The minimum absolute atomic E-state index is 0.283. The molecule has 0 unspecified atom stereocenters. The van der Waals surface area contributed by atoms with E-state index in [9.17, 15) is 13.2 Å². The van der Waals surface area contributed by atoms with Crippen LogP contribution in [0.25, 0.3) is 11.3 Å². The first-order valence-corrected chi connectivity index (χ1v) is 8.73. The molecule has 3 heterocycles. The SMILES string of the molecule is C=C1c2nc(C)n(C)c2C(c2cnn(C)c2)=CN1c1ccc(OC(F)(F)F)cc1. The van der Waals surface area contributed by atoms with Crippen LogP contribution in [0.1, 0.15) is 22.8 Å². The Balaban J connectivity index is 1.79. The van der Waals surface area contributed by atoms with E-state index in [2.05, 4.69) is 21.4 Å². The zero-order chi connectivity index (χ0) is 20.9. The highest BCUT2D eigenvalue weighted by Crippen LogP contribution is 2.39. The molecule has 0 fully saturated rings. The van der Waals surface area contributed by atoms with Gasteiger partial charge in [0.1, 0.15) is 17.3 Å². The maximum Gasteiger partial charge on any atom is 0.573 e. The van der Waals surface area contributed by atoms with Crippen LogP contribution < -0.4 is 9.64 Å². The predicted octanol–water partition coefficient (Wildman–Crippen LogP) is 4.24. The molecule has 3 aromatic rings. The summed E-state index contributed by atoms with van der Waals surface area (Å²) in [5.74, 6) is 0.538. The minimum Gasteiger partial charge on any atom is -0.406 e. The highest BCUT2D eigenvalue weighted by molar-refractivity contribution is 5.95. The fourth-order valence-corrected chi connectivity index (χ4v) is 3.31. The summed E-state index contributed by atoms with van der Waals surface area (Å²) in [6, 6.07) is 5.63. The number of ether oxygens (including phenoxy) is 1. The van der Waals surface area contributed by atoms with Crippen molar-refractivity contribution in [2.45, 2.75) is 13.3 Å². The molecule has 0 N–H and O–H groups in total. The van der Waals surface area contributed by atoms with Crippen molar-refractivity contribution in [2.75, 3.05) is 4.90 Å². The van der Waals surface area contributed by atoms with E-state index in [0.717, 1.165) is 22.7 Å². The molecule has 150 valence electrons. The Morgan fingerprint density at radius 1 is 1.10 bits per heavy atom. The highest BCUT2D eigenvalue weighted by Gasteiger charge is 2.32. The van der Waals surface area contributed by atoms with Gasteiger partial charge in [-0.25, -0.2) is 4.98 Å². The van der Waals surface area contributed by atoms with Crippen molar-refractivity contribution >= 4 is 17.0 Å². The Labute approximate surface area is 165 Å². The second-order valence-electron chi connectivity index (χ2n) is 6.72. The maximum atomic E-state index is 12.4. The summed E-state index contributed by atoms with van der Waals surface area (Å²) in [7, 11) is 3.76. The molecule has 1 aliphatic heterocycles. The lowest BCUT2D eigenvalue weighted by atomic mass is 10.00. The van der Waals surface area contributed by atoms with Gasteiger partial charge in [-0.3, -0.25) is 4.68 Å². The van der Waals surface area contributed by atoms with Gasteiger partial charge in [-0.15, -0.1) is 13.2 Å². The number of rotatable bonds is 3. The van der Waals surface area contributed by atoms with Gasteiger partial charge in [-0.05, 0) is 31.2 Å². The van der Waals surface area contributed by atoms with Crippen molar-refractivity contribution in [3.63, 3.8) is 0 Å². The number of benzene rings is 1. The van der Waals surface area contributed by atoms with Crippen LogP contribution in [0.5, 0.6) is 5.75 Å². The first-order chi connectivity index (χ1) is 13.6. The van der Waals surface area contributed by atoms with Crippen molar-refractivity contribution in [1.29, 1.82) is 0 Å². The topological polar surface area (TPSA) is 48.1 Å². The van der Waals surface area contributed by atoms with Crippen LogP contribution in [0.2, 0.25) is 0 Å². The van der Waals surface area contributed by atoms with E-state index in [4.69, 9.17) is 0 Å². The van der Waals surface area contributed by atoms with Crippen molar-refractivity contribution < 1.29 is 17.9 Å². The second kappa shape index (κ2) is 6.54. The summed E-state index contributed by atoms with van der Waals surface area (Å²) in [4.78, 5) is 6.44. The van der Waals surface area contributed by atoms with Crippen molar-refractivity contribution in [2.24, 2.45) is 14.1 Å². The molecular weight excluding hydrogens is 383 g/mol. The third-order valence-corrected chi connectivity index (χ3v) is 4.76. The molecule has 2 aromatic heterocycles. The zero-order valence-corrected chi connectivity index (χ0v) is 16.0. The number of alkyl halides is 3. The van der Waals surface area contributed by atoms with Gasteiger partial charge in [0.15, 0.2) is 0 Å². The molecule has 1 aromatic carbocycles. The molecule has 4 rings (SSSR count). The molecule has 0 radical (unpaired) electrons. The highest BCUT2D eigenvalue weighted by atomic mass is 19.4. The molecule has 0 aliphatic carbocycles. The average molecular weight is 401 g/mol. The van der Waals surface area contributed by atoms with Crippen molar-refractivity contribution in [3.05, 3.63) is 72.2 Å². The number of hydrogen-bond acceptors (Lipinski definition) is 4. The van der Waals surface area contributed by atoms with Crippen LogP contribution in [-0.4, -0.2) is 25.7 Å². The van der Waals surface area contributed by atoms with E-state index in [1.165, 1.54) is 12.1 Å². The Bertz CT molecular complexity index is 1120. The van der Waals surface area contributed by atoms with E-state index >= 15 is 0 Å². The quantitative estimate of drug-likeness (QED) is 0.659. The summed E-state index contributed by atoms with van der Waals surface area (Å²) >= 11 is 0. The molecule has 0 atom stereocenters. The monoisotopic (exact) mass is 401 g/mol. The Kier molecular flexibility index (Phi) is 4.25. The van der Waals surface area contributed by atoms with Gasteiger partial charge in [-0.2, -0.15) is 5.10 Å². The van der Waals surface area contributed by atoms with E-state index in [1.807, 2.05) is 38.0 Å². The van der Waals surface area contributed by atoms with Gasteiger partial charge in [0, 0.05) is 43.3 Å². The van der Waals surface area contributed by atoms with Gasteiger partial charge in [0.25, 0.3) is 0 Å². The smallest absolute Gasteiger partial charge is 0.406 e. The fraction of sp³-hybridized carbons (Fsp3) is 0.200. The lowest BCUT2D eigenvalue weighted by molar-refractivity contribution is -0.274. The summed E-state index contributed by atoms with van der Waals surface area (Å²) in [6.45, 7) is 6.06. The van der Waals surface area contributed by atoms with E-state index in [-0.39, 0.29) is 5.75 Å². The minimum atomic E-state index is -4.73. The van der Waals surface area contributed by atoms with Gasteiger partial charge >= 0.3 is 6.36 Å². The third kappa shape index (κ3) is 3.39. The number of hydrogen-bond donors (Lipinski definition) is 0. The van der Waals surface area contributed by atoms with E-state index in [0.29, 0.717) is 17.1 Å². The lowest BCUT2D eigenvalue weighted by Crippen LogP contribution is -2.21. The van der Waals surface area contributed by atoms with Gasteiger partial charge < -0.3 is 14.2 Å². The van der Waals surface area contributed by atoms with Gasteiger partial charge in [0.05, 0.1) is 17.6 Å². The number of imidazole rings is 1. The normalized spacial score (nSPS) is 14.1. The molecule has 1 aliphatic rings. The molecule has 6 nitrogen and oxygen atoms in total. The van der Waals surface area contributed by atoms with Crippen molar-refractivity contribution in [1.82, 2.24) is 19.3 Å². The fourth-order valence-electron chi connectivity index (χ4n) is 3.31. The maximum absolute atomic E-state index is 12.4. The summed E-state index contributed by atoms with van der Waals surface area (Å²) in [5.41, 5.74) is 4.67. The number of fused-ring (bicyclic) bond motifs is 1. The zero-order valence-electron chi connectivity index (χ0n) is 16.0. The van der Waals surface area contributed by atoms with Crippen LogP contribution in [0.3, 0.4) is 0 Å². The number of nitrogens with zero attached hydrogens (tertiary/aromatic N) is 5. The van der Waals surface area contributed by atoms with Crippen LogP contribution >= 0.6 is 0 Å². The molecule has 9 heteroatoms. The average Bonchev–Trinajstić information content (AvgIpc) is 3.20. The Morgan fingerprint density at radius 2 is 1.79 bits per heavy atom. The molecular formula is C20H18F3N5O. The van der Waals surface area contributed by atoms with Gasteiger partial charge in [0.2, 0.25) is 0 Å². The summed E-state index contributed by atoms with van der Waals surface area (Å²) in [5, 5.41) is 4.25. The molecule has 0 bridgehead atoms. The molecule has 0 spiro atoms. The van der Waals surface area contributed by atoms with E-state index in [1.54, 1.807) is 27.9 Å². The largest absolute Gasteiger partial charge is 0.573 e.